The second-order valence-electron chi connectivity index (χ2n) is 8.69. The van der Waals surface area contributed by atoms with E-state index in [0.717, 1.165) is 22.1 Å². The second-order valence-corrected chi connectivity index (χ2v) is 10.5. The molecule has 8 heteroatoms. The minimum Gasteiger partial charge on any atom is -0.399 e. The summed E-state index contributed by atoms with van der Waals surface area (Å²) in [6, 6.07) is 25.0. The zero-order chi connectivity index (χ0) is 26.6. The van der Waals surface area contributed by atoms with E-state index in [1.807, 2.05) is 57.2 Å². The Morgan fingerprint density at radius 1 is 0.919 bits per heavy atom. The molecule has 0 aliphatic rings. The maximum Gasteiger partial charge on any atom is 0.265 e. The van der Waals surface area contributed by atoms with Crippen LogP contribution in [0.4, 0.5) is 11.4 Å². The van der Waals surface area contributed by atoms with E-state index in [0.29, 0.717) is 22.5 Å². The molecule has 190 valence electrons. The fraction of sp³-hybridized carbons (Fsp3) is 0.172. The van der Waals surface area contributed by atoms with Crippen LogP contribution in [-0.2, 0) is 19.7 Å². The molecule has 0 aliphatic carbocycles. The molecule has 0 spiro atoms. The zero-order valence-corrected chi connectivity index (χ0v) is 22.0. The van der Waals surface area contributed by atoms with E-state index in [1.54, 1.807) is 48.5 Å². The predicted octanol–water partition coefficient (Wildman–Crippen LogP) is 5.66. The Balaban J connectivity index is 1.70. The molecule has 0 saturated carbocycles. The van der Waals surface area contributed by atoms with Crippen LogP contribution in [0.5, 0.6) is 0 Å². The van der Waals surface area contributed by atoms with E-state index in [4.69, 9.17) is 4.84 Å². The van der Waals surface area contributed by atoms with Gasteiger partial charge in [0.25, 0.3) is 10.0 Å². The highest BCUT2D eigenvalue weighted by molar-refractivity contribution is 7.93. The van der Waals surface area contributed by atoms with Crippen LogP contribution in [0, 0.1) is 13.8 Å². The first-order valence-corrected chi connectivity index (χ1v) is 13.2. The summed E-state index contributed by atoms with van der Waals surface area (Å²) in [5.74, 6) is -0.459. The number of anilines is 2. The van der Waals surface area contributed by atoms with Crippen LogP contribution < -0.4 is 9.62 Å². The minimum absolute atomic E-state index is 0.150. The molecule has 0 unspecified atom stereocenters. The van der Waals surface area contributed by atoms with Gasteiger partial charge in [-0.25, -0.2) is 8.42 Å². The summed E-state index contributed by atoms with van der Waals surface area (Å²) < 4.78 is 29.4. The van der Waals surface area contributed by atoms with Gasteiger partial charge in [0.15, 0.2) is 0 Å². The van der Waals surface area contributed by atoms with Crippen molar-refractivity contribution in [2.24, 2.45) is 5.16 Å². The highest BCUT2D eigenvalue weighted by Crippen LogP contribution is 2.32. The first kappa shape index (κ1) is 25.9. The normalized spacial score (nSPS) is 11.8. The molecule has 4 aromatic rings. The van der Waals surface area contributed by atoms with E-state index in [9.17, 15) is 13.2 Å². The molecule has 0 fully saturated rings. The topological polar surface area (TPSA) is 88.1 Å². The van der Waals surface area contributed by atoms with Crippen molar-refractivity contribution in [1.29, 1.82) is 0 Å². The van der Waals surface area contributed by atoms with Crippen LogP contribution in [0.1, 0.15) is 23.6 Å². The predicted molar refractivity (Wildman–Crippen MR) is 149 cm³/mol. The lowest BCUT2D eigenvalue weighted by atomic mass is 10.1. The van der Waals surface area contributed by atoms with Crippen LogP contribution in [0.25, 0.3) is 10.8 Å². The molecule has 4 rings (SSSR count). The van der Waals surface area contributed by atoms with Gasteiger partial charge < -0.3 is 10.2 Å². The molecule has 1 amide bonds. The number of rotatable bonds is 8. The number of nitrogens with zero attached hydrogens (tertiary/aromatic N) is 2. The van der Waals surface area contributed by atoms with E-state index < -0.39 is 15.9 Å². The van der Waals surface area contributed by atoms with Gasteiger partial charge >= 0.3 is 0 Å². The number of hydrogen-bond acceptors (Lipinski definition) is 5. The third kappa shape index (κ3) is 5.49. The highest BCUT2D eigenvalue weighted by Gasteiger charge is 2.30. The second kappa shape index (κ2) is 10.8. The summed E-state index contributed by atoms with van der Waals surface area (Å²) in [7, 11) is -2.61. The average Bonchev–Trinajstić information content (AvgIpc) is 2.89. The smallest absolute Gasteiger partial charge is 0.265 e. The van der Waals surface area contributed by atoms with Crippen molar-refractivity contribution in [3.8, 4) is 0 Å². The molecule has 0 heterocycles. The largest absolute Gasteiger partial charge is 0.399 e. The number of oxime groups is 1. The van der Waals surface area contributed by atoms with Crippen molar-refractivity contribution in [3.05, 3.63) is 102 Å². The lowest BCUT2D eigenvalue weighted by Gasteiger charge is -2.27. The fourth-order valence-corrected chi connectivity index (χ4v) is 5.86. The Morgan fingerprint density at radius 2 is 1.59 bits per heavy atom. The van der Waals surface area contributed by atoms with Gasteiger partial charge in [-0.3, -0.25) is 9.10 Å². The first-order valence-electron chi connectivity index (χ1n) is 11.8. The number of aryl methyl sites for hydroxylation is 1. The maximum absolute atomic E-state index is 14.1. The Kier molecular flexibility index (Phi) is 7.59. The molecule has 0 atom stereocenters. The average molecular weight is 516 g/mol. The van der Waals surface area contributed by atoms with E-state index in [1.165, 1.54) is 11.4 Å². The Hall–Kier alpha value is -4.17. The number of carbonyl (C=O) groups is 1. The number of amides is 1. The summed E-state index contributed by atoms with van der Waals surface area (Å²) in [5.41, 5.74) is 4.27. The van der Waals surface area contributed by atoms with Gasteiger partial charge in [-0.15, -0.1) is 0 Å². The molecule has 0 aliphatic heterocycles. The number of fused-ring (bicyclic) bond motifs is 1. The van der Waals surface area contributed by atoms with Crippen molar-refractivity contribution in [1.82, 2.24) is 0 Å². The van der Waals surface area contributed by atoms with Crippen molar-refractivity contribution in [2.45, 2.75) is 25.7 Å². The Morgan fingerprint density at radius 3 is 2.32 bits per heavy atom. The van der Waals surface area contributed by atoms with Gasteiger partial charge in [-0.1, -0.05) is 65.8 Å². The number of hydrogen-bond donors (Lipinski definition) is 1. The van der Waals surface area contributed by atoms with Crippen LogP contribution in [-0.4, -0.2) is 33.7 Å². The van der Waals surface area contributed by atoms with E-state index >= 15 is 0 Å². The first-order chi connectivity index (χ1) is 17.7. The fourth-order valence-electron chi connectivity index (χ4n) is 4.16. The van der Waals surface area contributed by atoms with Gasteiger partial charge in [0.05, 0.1) is 16.3 Å². The quantitative estimate of drug-likeness (QED) is 0.242. The van der Waals surface area contributed by atoms with Crippen molar-refractivity contribution in [3.63, 3.8) is 0 Å². The van der Waals surface area contributed by atoms with E-state index in [2.05, 4.69) is 10.5 Å². The molecular weight excluding hydrogens is 486 g/mol. The number of benzene rings is 4. The van der Waals surface area contributed by atoms with Gasteiger partial charge in [-0.2, -0.15) is 0 Å². The third-order valence-electron chi connectivity index (χ3n) is 6.26. The molecule has 1 N–H and O–H groups in total. The minimum atomic E-state index is -4.09. The molecule has 0 radical (unpaired) electrons. The number of sulfonamides is 1. The molecule has 37 heavy (non-hydrogen) atoms. The van der Waals surface area contributed by atoms with Crippen molar-refractivity contribution in [2.75, 3.05) is 23.3 Å². The SMILES string of the molecule is CON=C(C)c1ccc(NC(=O)CN(c2cccc(C)c2C)S(=O)(=O)c2cccc3ccccc23)cc1. The monoisotopic (exact) mass is 515 g/mol. The molecular formula is C29H29N3O4S. The third-order valence-corrected chi connectivity index (χ3v) is 8.08. The molecule has 0 bridgehead atoms. The van der Waals surface area contributed by atoms with Crippen molar-refractivity contribution >= 4 is 43.8 Å². The Bertz CT molecular complexity index is 1570. The van der Waals surface area contributed by atoms with Crippen LogP contribution in [0.3, 0.4) is 0 Å². The maximum atomic E-state index is 14.1. The van der Waals surface area contributed by atoms with Gasteiger partial charge in [0.1, 0.15) is 13.7 Å². The lowest BCUT2D eigenvalue weighted by molar-refractivity contribution is -0.114. The van der Waals surface area contributed by atoms with Crippen LogP contribution in [0.2, 0.25) is 0 Å². The summed E-state index contributed by atoms with van der Waals surface area (Å²) >= 11 is 0. The summed E-state index contributed by atoms with van der Waals surface area (Å²) in [4.78, 5) is 18.2. The summed E-state index contributed by atoms with van der Waals surface area (Å²) in [6.07, 6.45) is 0. The molecule has 0 saturated heterocycles. The lowest BCUT2D eigenvalue weighted by Crippen LogP contribution is -2.38. The molecule has 4 aromatic carbocycles. The summed E-state index contributed by atoms with van der Waals surface area (Å²) in [6.45, 7) is 5.20. The zero-order valence-electron chi connectivity index (χ0n) is 21.2. The van der Waals surface area contributed by atoms with Crippen LogP contribution in [0.15, 0.2) is 95.0 Å². The summed E-state index contributed by atoms with van der Waals surface area (Å²) in [5, 5.41) is 8.13. The van der Waals surface area contributed by atoms with Crippen molar-refractivity contribution < 1.29 is 18.0 Å². The van der Waals surface area contributed by atoms with Gasteiger partial charge in [-0.05, 0) is 67.1 Å². The number of nitrogens with one attached hydrogen (secondary N) is 1. The van der Waals surface area contributed by atoms with E-state index in [-0.39, 0.29) is 11.4 Å². The Labute approximate surface area is 217 Å². The van der Waals surface area contributed by atoms with Gasteiger partial charge in [0.2, 0.25) is 5.91 Å². The van der Waals surface area contributed by atoms with Gasteiger partial charge in [0, 0.05) is 11.1 Å². The standard InChI is InChI=1S/C29H29N3O4S/c1-20-9-7-13-27(21(20)2)32(37(34,35)28-14-8-11-24-10-5-6-12-26(24)28)19-29(33)30-25-17-15-23(16-18-25)22(3)31-36-4/h5-18H,19H2,1-4H3,(H,30,33). The molecule has 0 aromatic heterocycles. The molecule has 7 nitrogen and oxygen atoms in total. The number of carbonyl (C=O) groups excluding carboxylic acids is 1. The highest BCUT2D eigenvalue weighted by atomic mass is 32.2. The van der Waals surface area contributed by atoms with Crippen LogP contribution >= 0.6 is 0 Å².